The molecule has 3 aromatic heterocycles. The number of nitrogens with one attached hydrogen (secondary N) is 2. The van der Waals surface area contributed by atoms with E-state index in [9.17, 15) is 4.79 Å². The fraction of sp³-hybridized carbons (Fsp3) is 0. The minimum Gasteiger partial charge on any atom is -0.472 e. The number of rotatable bonds is 4. The zero-order valence-corrected chi connectivity index (χ0v) is 11.1. The van der Waals surface area contributed by atoms with Crippen LogP contribution in [0.3, 0.4) is 0 Å². The number of carbonyl (C=O) groups is 1. The van der Waals surface area contributed by atoms with E-state index in [1.54, 1.807) is 36.0 Å². The number of anilines is 1. The number of carbonyl (C=O) groups excluding carboxylic acids is 1. The summed E-state index contributed by atoms with van der Waals surface area (Å²) in [5.74, 6) is 0.478. The normalized spacial score (nSPS) is 11.0. The van der Waals surface area contributed by atoms with Gasteiger partial charge in [0.1, 0.15) is 6.26 Å². The molecule has 6 nitrogen and oxygen atoms in total. The Kier molecular flexibility index (Phi) is 3.42. The largest absolute Gasteiger partial charge is 0.472 e. The summed E-state index contributed by atoms with van der Waals surface area (Å²) in [4.78, 5) is 15.8. The van der Waals surface area contributed by atoms with Crippen LogP contribution in [0.1, 0.15) is 5.56 Å². The summed E-state index contributed by atoms with van der Waals surface area (Å²) in [7, 11) is 0. The summed E-state index contributed by atoms with van der Waals surface area (Å²) in [5.41, 5.74) is 1.76. The molecule has 7 heteroatoms. The van der Waals surface area contributed by atoms with Gasteiger partial charge in [0.15, 0.2) is 5.82 Å². The Labute approximate surface area is 118 Å². The van der Waals surface area contributed by atoms with Crippen molar-refractivity contribution in [1.82, 2.24) is 15.2 Å². The maximum absolute atomic E-state index is 11.7. The van der Waals surface area contributed by atoms with Gasteiger partial charge in [-0.3, -0.25) is 15.2 Å². The lowest BCUT2D eigenvalue weighted by atomic mass is 10.3. The molecule has 0 fully saturated rings. The van der Waals surface area contributed by atoms with Gasteiger partial charge in [0.2, 0.25) is 5.95 Å². The molecule has 20 heavy (non-hydrogen) atoms. The first kappa shape index (κ1) is 12.4. The molecule has 2 N–H and O–H groups in total. The van der Waals surface area contributed by atoms with E-state index < -0.39 is 0 Å². The summed E-state index contributed by atoms with van der Waals surface area (Å²) in [6.45, 7) is 0. The molecule has 3 aromatic rings. The van der Waals surface area contributed by atoms with Crippen molar-refractivity contribution in [1.29, 1.82) is 0 Å². The lowest BCUT2D eigenvalue weighted by Gasteiger charge is -1.93. The number of aromatic amines is 1. The lowest BCUT2D eigenvalue weighted by Crippen LogP contribution is -2.08. The number of amides is 1. The third kappa shape index (κ3) is 2.83. The van der Waals surface area contributed by atoms with Gasteiger partial charge in [-0.1, -0.05) is 0 Å². The van der Waals surface area contributed by atoms with Crippen LogP contribution in [0.2, 0.25) is 0 Å². The van der Waals surface area contributed by atoms with E-state index >= 15 is 0 Å². The van der Waals surface area contributed by atoms with Gasteiger partial charge in [0.05, 0.1) is 11.8 Å². The topological polar surface area (TPSA) is 83.8 Å². The van der Waals surface area contributed by atoms with Crippen LogP contribution in [-0.2, 0) is 4.79 Å². The predicted molar refractivity (Wildman–Crippen MR) is 76.1 cm³/mol. The van der Waals surface area contributed by atoms with Crippen LogP contribution >= 0.6 is 11.3 Å². The highest BCUT2D eigenvalue weighted by atomic mass is 32.1. The van der Waals surface area contributed by atoms with Gasteiger partial charge >= 0.3 is 0 Å². The van der Waals surface area contributed by atoms with Gasteiger partial charge in [-0.15, -0.1) is 5.10 Å². The lowest BCUT2D eigenvalue weighted by molar-refractivity contribution is -0.111. The van der Waals surface area contributed by atoms with Crippen LogP contribution < -0.4 is 5.32 Å². The maximum Gasteiger partial charge on any atom is 0.250 e. The monoisotopic (exact) mass is 286 g/mol. The van der Waals surface area contributed by atoms with Crippen molar-refractivity contribution >= 4 is 29.3 Å². The van der Waals surface area contributed by atoms with E-state index in [4.69, 9.17) is 4.42 Å². The predicted octanol–water partition coefficient (Wildman–Crippen LogP) is 2.78. The molecule has 3 heterocycles. The molecule has 0 aliphatic carbocycles. The second-order valence-corrected chi connectivity index (χ2v) is 4.68. The molecule has 0 aliphatic heterocycles. The first-order chi connectivity index (χ1) is 9.81. The summed E-state index contributed by atoms with van der Waals surface area (Å²) in [6.07, 6.45) is 6.26. The van der Waals surface area contributed by atoms with Crippen LogP contribution in [0, 0.1) is 0 Å². The molecule has 0 bridgehead atoms. The van der Waals surface area contributed by atoms with Crippen molar-refractivity contribution in [2.24, 2.45) is 0 Å². The first-order valence-corrected chi connectivity index (χ1v) is 6.72. The summed E-state index contributed by atoms with van der Waals surface area (Å²) in [5, 5.41) is 13.1. The van der Waals surface area contributed by atoms with E-state index in [0.29, 0.717) is 5.82 Å². The summed E-state index contributed by atoms with van der Waals surface area (Å²) < 4.78 is 4.95. The second kappa shape index (κ2) is 5.54. The third-order valence-electron chi connectivity index (χ3n) is 2.49. The molecule has 0 saturated carbocycles. The minimum absolute atomic E-state index is 0.223. The van der Waals surface area contributed by atoms with Gasteiger partial charge in [-0.05, 0) is 34.5 Å². The molecule has 0 saturated heterocycles. The van der Waals surface area contributed by atoms with Crippen molar-refractivity contribution in [2.75, 3.05) is 5.32 Å². The molecule has 0 atom stereocenters. The van der Waals surface area contributed by atoms with Crippen LogP contribution in [0.25, 0.3) is 17.5 Å². The number of thiophene rings is 1. The van der Waals surface area contributed by atoms with Crippen LogP contribution in [-0.4, -0.2) is 21.1 Å². The molecule has 100 valence electrons. The number of hydrogen-bond acceptors (Lipinski definition) is 5. The summed E-state index contributed by atoms with van der Waals surface area (Å²) >= 11 is 1.58. The van der Waals surface area contributed by atoms with Gasteiger partial charge in [0, 0.05) is 6.08 Å². The SMILES string of the molecule is O=C(/C=C\c1ccsc1)Nc1n[nH]c(-c2ccoc2)n1. The fourth-order valence-electron chi connectivity index (χ4n) is 1.54. The molecule has 0 spiro atoms. The molecule has 1 amide bonds. The number of furan rings is 1. The number of nitrogens with zero attached hydrogens (tertiary/aromatic N) is 2. The average molecular weight is 286 g/mol. The van der Waals surface area contributed by atoms with Gasteiger partial charge in [-0.25, -0.2) is 0 Å². The van der Waals surface area contributed by atoms with Crippen molar-refractivity contribution in [2.45, 2.75) is 0 Å². The van der Waals surface area contributed by atoms with Crippen molar-refractivity contribution < 1.29 is 9.21 Å². The third-order valence-corrected chi connectivity index (χ3v) is 3.19. The number of aromatic nitrogens is 3. The molecule has 0 aliphatic rings. The first-order valence-electron chi connectivity index (χ1n) is 5.77. The Hall–Kier alpha value is -2.67. The molecule has 0 aromatic carbocycles. The number of H-pyrrole nitrogens is 1. The highest BCUT2D eigenvalue weighted by Gasteiger charge is 2.07. The molecular formula is C13H10N4O2S. The Balaban J connectivity index is 1.65. The fourth-order valence-corrected chi connectivity index (χ4v) is 2.17. The Morgan fingerprint density at radius 2 is 2.40 bits per heavy atom. The standard InChI is InChI=1S/C13H10N4O2S/c18-11(2-1-9-4-6-20-8-9)14-13-15-12(16-17-13)10-3-5-19-7-10/h1-8H,(H2,14,15,16,17,18)/b2-1-. The second-order valence-electron chi connectivity index (χ2n) is 3.90. The average Bonchev–Trinajstić information content (AvgIpc) is 3.18. The van der Waals surface area contributed by atoms with Crippen LogP contribution in [0.4, 0.5) is 5.95 Å². The van der Waals surface area contributed by atoms with Crippen molar-refractivity contribution in [3.8, 4) is 11.4 Å². The molecule has 0 unspecified atom stereocenters. The molecule has 0 radical (unpaired) electrons. The van der Waals surface area contributed by atoms with Crippen LogP contribution in [0.5, 0.6) is 0 Å². The zero-order valence-electron chi connectivity index (χ0n) is 10.2. The van der Waals surface area contributed by atoms with Gasteiger partial charge in [0.25, 0.3) is 5.91 Å². The molecule has 3 rings (SSSR count). The summed E-state index contributed by atoms with van der Waals surface area (Å²) in [6, 6.07) is 3.68. The maximum atomic E-state index is 11.7. The van der Waals surface area contributed by atoms with Crippen LogP contribution in [0.15, 0.2) is 45.9 Å². The smallest absolute Gasteiger partial charge is 0.250 e. The van der Waals surface area contributed by atoms with Crippen molar-refractivity contribution in [3.05, 3.63) is 47.1 Å². The Bertz CT molecular complexity index is 713. The Morgan fingerprint density at radius 3 is 3.15 bits per heavy atom. The van der Waals surface area contributed by atoms with E-state index in [0.717, 1.165) is 11.1 Å². The Morgan fingerprint density at radius 1 is 1.45 bits per heavy atom. The van der Waals surface area contributed by atoms with Gasteiger partial charge < -0.3 is 4.42 Å². The minimum atomic E-state index is -0.283. The van der Waals surface area contributed by atoms with Gasteiger partial charge in [-0.2, -0.15) is 16.3 Å². The van der Waals surface area contributed by atoms with Crippen molar-refractivity contribution in [3.63, 3.8) is 0 Å². The zero-order chi connectivity index (χ0) is 13.8. The molecular weight excluding hydrogens is 276 g/mol. The van der Waals surface area contributed by atoms with E-state index in [1.807, 2.05) is 16.8 Å². The van der Waals surface area contributed by atoms with E-state index in [1.165, 1.54) is 6.08 Å². The van der Waals surface area contributed by atoms with E-state index in [-0.39, 0.29) is 11.9 Å². The van der Waals surface area contributed by atoms with E-state index in [2.05, 4.69) is 20.5 Å². The number of hydrogen-bond donors (Lipinski definition) is 2. The highest BCUT2D eigenvalue weighted by molar-refractivity contribution is 7.08. The quantitative estimate of drug-likeness (QED) is 0.722. The highest BCUT2D eigenvalue weighted by Crippen LogP contribution is 2.15.